The molecule has 2 heterocycles. The van der Waals surface area contributed by atoms with Gasteiger partial charge in [0.25, 0.3) is 0 Å². The fourth-order valence-corrected chi connectivity index (χ4v) is 3.36. The summed E-state index contributed by atoms with van der Waals surface area (Å²) < 4.78 is 6.50. The van der Waals surface area contributed by atoms with Gasteiger partial charge < -0.3 is 4.74 Å². The Balaban J connectivity index is 1.63. The van der Waals surface area contributed by atoms with E-state index in [2.05, 4.69) is 17.0 Å². The van der Waals surface area contributed by atoms with Crippen LogP contribution in [0, 0.1) is 0 Å². The predicted molar refractivity (Wildman–Crippen MR) is 78.0 cm³/mol. The number of Topliss-reactive ketones (excluding diaryl/α,β-unsaturated/α-hetero) is 1. The van der Waals surface area contributed by atoms with Crippen molar-refractivity contribution in [1.29, 1.82) is 0 Å². The molecule has 1 fully saturated rings. The van der Waals surface area contributed by atoms with Gasteiger partial charge in [0.15, 0.2) is 5.78 Å². The van der Waals surface area contributed by atoms with Gasteiger partial charge in [0.2, 0.25) is 0 Å². The number of morpholine rings is 1. The third kappa shape index (κ3) is 3.03. The van der Waals surface area contributed by atoms with Crippen LogP contribution in [0.25, 0.3) is 10.1 Å². The minimum Gasteiger partial charge on any atom is -0.379 e. The molecule has 0 spiro atoms. The molecule has 4 heteroatoms. The summed E-state index contributed by atoms with van der Waals surface area (Å²) in [4.78, 5) is 15.4. The quantitative estimate of drug-likeness (QED) is 0.804. The lowest BCUT2D eigenvalue weighted by molar-refractivity contribution is 0.0370. The number of carbonyl (C=O) groups is 1. The van der Waals surface area contributed by atoms with Crippen molar-refractivity contribution < 1.29 is 9.53 Å². The number of ether oxygens (including phenoxy) is 1. The summed E-state index contributed by atoms with van der Waals surface area (Å²) >= 11 is 1.60. The van der Waals surface area contributed by atoms with E-state index in [1.54, 1.807) is 11.3 Å². The molecule has 1 aliphatic rings. The number of nitrogens with zero attached hydrogens (tertiary/aromatic N) is 1. The SMILES string of the molecule is O=C(CCN1CCOCC1)c1cc2ccccc2s1. The van der Waals surface area contributed by atoms with Gasteiger partial charge in [-0.2, -0.15) is 0 Å². The van der Waals surface area contributed by atoms with Crippen LogP contribution in [-0.2, 0) is 4.74 Å². The van der Waals surface area contributed by atoms with E-state index < -0.39 is 0 Å². The second-order valence-corrected chi connectivity index (χ2v) is 5.86. The van der Waals surface area contributed by atoms with E-state index >= 15 is 0 Å². The number of hydrogen-bond donors (Lipinski definition) is 0. The first kappa shape index (κ1) is 12.8. The fourth-order valence-electron chi connectivity index (χ4n) is 2.33. The molecule has 3 nitrogen and oxygen atoms in total. The first-order chi connectivity index (χ1) is 9.33. The first-order valence-electron chi connectivity index (χ1n) is 6.65. The minimum absolute atomic E-state index is 0.257. The van der Waals surface area contributed by atoms with E-state index in [1.165, 1.54) is 10.1 Å². The lowest BCUT2D eigenvalue weighted by atomic mass is 10.2. The topological polar surface area (TPSA) is 29.5 Å². The van der Waals surface area contributed by atoms with Gasteiger partial charge in [-0.3, -0.25) is 9.69 Å². The lowest BCUT2D eigenvalue weighted by Gasteiger charge is -2.26. The third-order valence-electron chi connectivity index (χ3n) is 3.46. The molecular formula is C15H17NO2S. The van der Waals surface area contributed by atoms with Gasteiger partial charge >= 0.3 is 0 Å². The second kappa shape index (κ2) is 5.82. The molecule has 1 aliphatic heterocycles. The Morgan fingerprint density at radius 2 is 2.05 bits per heavy atom. The van der Waals surface area contributed by atoms with Crippen LogP contribution in [0.3, 0.4) is 0 Å². The Labute approximate surface area is 116 Å². The summed E-state index contributed by atoms with van der Waals surface area (Å²) in [7, 11) is 0. The maximum absolute atomic E-state index is 12.2. The largest absolute Gasteiger partial charge is 0.379 e. The van der Waals surface area contributed by atoms with Gasteiger partial charge in [-0.1, -0.05) is 18.2 Å². The number of carbonyl (C=O) groups excluding carboxylic acids is 1. The van der Waals surface area contributed by atoms with Crippen LogP contribution in [0.2, 0.25) is 0 Å². The van der Waals surface area contributed by atoms with Gasteiger partial charge in [0, 0.05) is 30.8 Å². The summed E-state index contributed by atoms with van der Waals surface area (Å²) in [5.41, 5.74) is 0. The fraction of sp³-hybridized carbons (Fsp3) is 0.400. The Kier molecular flexibility index (Phi) is 3.92. The Morgan fingerprint density at radius 1 is 1.26 bits per heavy atom. The smallest absolute Gasteiger partial charge is 0.174 e. The molecule has 1 aromatic heterocycles. The lowest BCUT2D eigenvalue weighted by Crippen LogP contribution is -2.37. The number of rotatable bonds is 4. The van der Waals surface area contributed by atoms with Crippen molar-refractivity contribution >= 4 is 27.2 Å². The number of benzene rings is 1. The summed E-state index contributed by atoms with van der Waals surface area (Å²) in [6, 6.07) is 10.2. The Morgan fingerprint density at radius 3 is 2.84 bits per heavy atom. The van der Waals surface area contributed by atoms with Crippen LogP contribution in [0.4, 0.5) is 0 Å². The normalized spacial score (nSPS) is 16.8. The van der Waals surface area contributed by atoms with E-state index in [0.29, 0.717) is 6.42 Å². The summed E-state index contributed by atoms with van der Waals surface area (Å²) in [5.74, 6) is 0.257. The summed E-state index contributed by atoms with van der Waals surface area (Å²) in [6.45, 7) is 4.31. The van der Waals surface area contributed by atoms with E-state index in [0.717, 1.165) is 37.7 Å². The molecule has 0 N–H and O–H groups in total. The molecule has 0 aliphatic carbocycles. The van der Waals surface area contributed by atoms with Crippen LogP contribution >= 0.6 is 11.3 Å². The molecule has 1 aromatic carbocycles. The zero-order valence-corrected chi connectivity index (χ0v) is 11.6. The minimum atomic E-state index is 0.257. The van der Waals surface area contributed by atoms with Crippen molar-refractivity contribution in [1.82, 2.24) is 4.90 Å². The highest BCUT2D eigenvalue weighted by Gasteiger charge is 2.14. The molecule has 0 saturated carbocycles. The van der Waals surface area contributed by atoms with Gasteiger partial charge in [0.1, 0.15) is 0 Å². The highest BCUT2D eigenvalue weighted by molar-refractivity contribution is 7.20. The molecule has 0 amide bonds. The average Bonchev–Trinajstić information content (AvgIpc) is 2.90. The van der Waals surface area contributed by atoms with Crippen molar-refractivity contribution in [2.24, 2.45) is 0 Å². The van der Waals surface area contributed by atoms with Gasteiger partial charge in [0.05, 0.1) is 18.1 Å². The highest BCUT2D eigenvalue weighted by atomic mass is 32.1. The van der Waals surface area contributed by atoms with Crippen molar-refractivity contribution in [3.05, 3.63) is 35.2 Å². The van der Waals surface area contributed by atoms with E-state index in [-0.39, 0.29) is 5.78 Å². The second-order valence-electron chi connectivity index (χ2n) is 4.78. The van der Waals surface area contributed by atoms with Crippen LogP contribution in [0.15, 0.2) is 30.3 Å². The molecule has 19 heavy (non-hydrogen) atoms. The molecular weight excluding hydrogens is 258 g/mol. The van der Waals surface area contributed by atoms with Crippen molar-refractivity contribution in [3.63, 3.8) is 0 Å². The van der Waals surface area contributed by atoms with Crippen molar-refractivity contribution in [2.75, 3.05) is 32.8 Å². The third-order valence-corrected chi connectivity index (χ3v) is 4.62. The Hall–Kier alpha value is -1.23. The molecule has 2 aromatic rings. The first-order valence-corrected chi connectivity index (χ1v) is 7.46. The molecule has 1 saturated heterocycles. The van der Waals surface area contributed by atoms with Crippen LogP contribution in [0.5, 0.6) is 0 Å². The highest BCUT2D eigenvalue weighted by Crippen LogP contribution is 2.26. The van der Waals surface area contributed by atoms with Crippen LogP contribution in [-0.4, -0.2) is 43.5 Å². The molecule has 3 rings (SSSR count). The number of thiophene rings is 1. The van der Waals surface area contributed by atoms with E-state index in [9.17, 15) is 4.79 Å². The standard InChI is InChI=1S/C15H17NO2S/c17-13(5-6-16-7-9-18-10-8-16)15-11-12-3-1-2-4-14(12)19-15/h1-4,11H,5-10H2. The number of hydrogen-bond acceptors (Lipinski definition) is 4. The summed E-state index contributed by atoms with van der Waals surface area (Å²) in [6.07, 6.45) is 0.604. The molecule has 0 bridgehead atoms. The molecule has 100 valence electrons. The van der Waals surface area contributed by atoms with Crippen molar-refractivity contribution in [2.45, 2.75) is 6.42 Å². The zero-order valence-electron chi connectivity index (χ0n) is 10.8. The number of fused-ring (bicyclic) bond motifs is 1. The van der Waals surface area contributed by atoms with E-state index in [4.69, 9.17) is 4.74 Å². The molecule has 0 atom stereocenters. The Bertz CT molecular complexity index is 539. The molecule has 0 unspecified atom stereocenters. The maximum atomic E-state index is 12.2. The maximum Gasteiger partial charge on any atom is 0.174 e. The average molecular weight is 275 g/mol. The van der Waals surface area contributed by atoms with Gasteiger partial charge in [-0.15, -0.1) is 11.3 Å². The van der Waals surface area contributed by atoms with Gasteiger partial charge in [-0.05, 0) is 17.5 Å². The summed E-state index contributed by atoms with van der Waals surface area (Å²) in [5, 5.41) is 1.17. The van der Waals surface area contributed by atoms with Crippen LogP contribution in [0.1, 0.15) is 16.1 Å². The van der Waals surface area contributed by atoms with E-state index in [1.807, 2.05) is 18.2 Å². The number of ketones is 1. The van der Waals surface area contributed by atoms with Gasteiger partial charge in [-0.25, -0.2) is 0 Å². The predicted octanol–water partition coefficient (Wildman–Crippen LogP) is 2.81. The van der Waals surface area contributed by atoms with Crippen LogP contribution < -0.4 is 0 Å². The zero-order chi connectivity index (χ0) is 13.1. The molecule has 0 radical (unpaired) electrons. The monoisotopic (exact) mass is 275 g/mol. The van der Waals surface area contributed by atoms with Crippen molar-refractivity contribution in [3.8, 4) is 0 Å².